The fourth-order valence-corrected chi connectivity index (χ4v) is 3.44. The largest absolute Gasteiger partial charge is 0.493 e. The van der Waals surface area contributed by atoms with Crippen molar-refractivity contribution in [3.8, 4) is 17.6 Å². The lowest BCUT2D eigenvalue weighted by molar-refractivity contribution is -0.112. The zero-order valence-corrected chi connectivity index (χ0v) is 18.7. The Balaban J connectivity index is 1.76. The molecule has 1 amide bonds. The number of ether oxygens (including phenoxy) is 2. The van der Waals surface area contributed by atoms with E-state index in [-0.39, 0.29) is 5.57 Å². The summed E-state index contributed by atoms with van der Waals surface area (Å²) in [6.07, 6.45) is 1.53. The average Bonchev–Trinajstić information content (AvgIpc) is 2.75. The van der Waals surface area contributed by atoms with Gasteiger partial charge in [-0.3, -0.25) is 4.79 Å². The van der Waals surface area contributed by atoms with Gasteiger partial charge in [0.2, 0.25) is 0 Å². The lowest BCUT2D eigenvalue weighted by atomic mass is 10.1. The maximum absolute atomic E-state index is 12.5. The lowest BCUT2D eigenvalue weighted by Crippen LogP contribution is -2.13. The third-order valence-electron chi connectivity index (χ3n) is 4.82. The Kier molecular flexibility index (Phi) is 7.30. The van der Waals surface area contributed by atoms with Crippen molar-refractivity contribution in [2.75, 3.05) is 12.4 Å². The van der Waals surface area contributed by atoms with Crippen LogP contribution in [0.4, 0.5) is 5.69 Å². The summed E-state index contributed by atoms with van der Waals surface area (Å²) in [4.78, 5) is 12.5. The number of methoxy groups -OCH3 is 1. The molecule has 0 fully saturated rings. The number of amides is 1. The van der Waals surface area contributed by atoms with Crippen molar-refractivity contribution in [1.29, 1.82) is 5.26 Å². The van der Waals surface area contributed by atoms with Gasteiger partial charge in [0, 0.05) is 5.69 Å². The van der Waals surface area contributed by atoms with E-state index in [1.807, 2.05) is 31.2 Å². The van der Waals surface area contributed by atoms with Gasteiger partial charge in [0.05, 0.1) is 7.11 Å². The number of nitrogens with one attached hydrogen (secondary N) is 1. The lowest BCUT2D eigenvalue weighted by Gasteiger charge is -2.12. The molecule has 0 radical (unpaired) electrons. The number of nitrogens with zero attached hydrogens (tertiary/aromatic N) is 1. The molecule has 0 unspecified atom stereocenters. The number of carbonyl (C=O) groups excluding carboxylic acids is 1. The van der Waals surface area contributed by atoms with Crippen LogP contribution in [0, 0.1) is 32.1 Å². The van der Waals surface area contributed by atoms with Crippen LogP contribution >= 0.6 is 0 Å². The van der Waals surface area contributed by atoms with E-state index in [0.29, 0.717) is 29.4 Å². The van der Waals surface area contributed by atoms with Crippen LogP contribution in [-0.2, 0) is 11.4 Å². The SMILES string of the molecule is COc1cc(/C=C(\C#N)C(=O)Nc2cccc(C)c2)ccc1OCc1cc(C)cc(C)c1. The number of anilines is 1. The van der Waals surface area contributed by atoms with E-state index in [1.54, 1.807) is 31.4 Å². The Hall–Kier alpha value is -4.04. The van der Waals surface area contributed by atoms with Gasteiger partial charge in [0.25, 0.3) is 5.91 Å². The van der Waals surface area contributed by atoms with E-state index in [2.05, 4.69) is 37.4 Å². The summed E-state index contributed by atoms with van der Waals surface area (Å²) in [5.74, 6) is 0.651. The molecule has 0 saturated heterocycles. The van der Waals surface area contributed by atoms with Crippen LogP contribution in [0.5, 0.6) is 11.5 Å². The molecule has 0 spiro atoms. The van der Waals surface area contributed by atoms with Crippen LogP contribution < -0.4 is 14.8 Å². The smallest absolute Gasteiger partial charge is 0.266 e. The monoisotopic (exact) mass is 426 g/mol. The maximum Gasteiger partial charge on any atom is 0.266 e. The molecular weight excluding hydrogens is 400 g/mol. The normalized spacial score (nSPS) is 10.9. The Morgan fingerprint density at radius 3 is 2.38 bits per heavy atom. The first kappa shape index (κ1) is 22.6. The van der Waals surface area contributed by atoms with Gasteiger partial charge in [-0.15, -0.1) is 0 Å². The average molecular weight is 427 g/mol. The molecule has 32 heavy (non-hydrogen) atoms. The molecule has 162 valence electrons. The first-order chi connectivity index (χ1) is 15.4. The Labute approximate surface area is 188 Å². The van der Waals surface area contributed by atoms with Crippen LogP contribution in [0.15, 0.2) is 66.2 Å². The summed E-state index contributed by atoms with van der Waals surface area (Å²) in [5, 5.41) is 12.2. The molecule has 0 heterocycles. The van der Waals surface area contributed by atoms with Gasteiger partial charge in [-0.25, -0.2) is 0 Å². The van der Waals surface area contributed by atoms with E-state index < -0.39 is 5.91 Å². The molecule has 0 atom stereocenters. The molecule has 3 aromatic carbocycles. The minimum atomic E-state index is -0.466. The second-order valence-electron chi connectivity index (χ2n) is 7.69. The number of nitriles is 1. The molecule has 0 aliphatic heterocycles. The molecule has 0 saturated carbocycles. The van der Waals surface area contributed by atoms with Crippen molar-refractivity contribution in [2.45, 2.75) is 27.4 Å². The summed E-state index contributed by atoms with van der Waals surface area (Å²) in [7, 11) is 1.56. The highest BCUT2D eigenvalue weighted by Gasteiger charge is 2.12. The predicted molar refractivity (Wildman–Crippen MR) is 127 cm³/mol. The van der Waals surface area contributed by atoms with Crippen LogP contribution in [0.25, 0.3) is 6.08 Å². The minimum Gasteiger partial charge on any atom is -0.493 e. The Morgan fingerprint density at radius 1 is 0.969 bits per heavy atom. The third kappa shape index (κ3) is 5.99. The van der Waals surface area contributed by atoms with Gasteiger partial charge >= 0.3 is 0 Å². The van der Waals surface area contributed by atoms with E-state index in [1.165, 1.54) is 17.2 Å². The molecule has 0 bridgehead atoms. The number of aryl methyl sites for hydroxylation is 3. The summed E-state index contributed by atoms with van der Waals surface area (Å²) >= 11 is 0. The van der Waals surface area contributed by atoms with Gasteiger partial charge in [-0.2, -0.15) is 5.26 Å². The minimum absolute atomic E-state index is 0.00235. The topological polar surface area (TPSA) is 71.3 Å². The molecule has 5 nitrogen and oxygen atoms in total. The standard InChI is InChI=1S/C27H26N2O3/c1-18-6-5-7-24(13-18)29-27(30)23(16-28)14-21-8-9-25(26(15-21)31-4)32-17-22-11-19(2)10-20(3)12-22/h5-15H,17H2,1-4H3,(H,29,30)/b23-14+. The maximum atomic E-state index is 12.5. The van der Waals surface area contributed by atoms with Crippen LogP contribution in [-0.4, -0.2) is 13.0 Å². The molecule has 0 aliphatic rings. The molecule has 0 aromatic heterocycles. The summed E-state index contributed by atoms with van der Waals surface area (Å²) in [6, 6.07) is 21.0. The van der Waals surface area contributed by atoms with Crippen LogP contribution in [0.3, 0.4) is 0 Å². The molecule has 3 rings (SSSR count). The van der Waals surface area contributed by atoms with E-state index in [0.717, 1.165) is 11.1 Å². The highest BCUT2D eigenvalue weighted by molar-refractivity contribution is 6.09. The Bertz CT molecular complexity index is 1190. The Morgan fingerprint density at radius 2 is 1.72 bits per heavy atom. The molecule has 0 aliphatic carbocycles. The molecule has 5 heteroatoms. The first-order valence-corrected chi connectivity index (χ1v) is 10.3. The number of carbonyl (C=O) groups is 1. The van der Waals surface area contributed by atoms with E-state index in [9.17, 15) is 10.1 Å². The van der Waals surface area contributed by atoms with Crippen LogP contribution in [0.1, 0.15) is 27.8 Å². The van der Waals surface area contributed by atoms with Crippen molar-refractivity contribution in [3.63, 3.8) is 0 Å². The summed E-state index contributed by atoms with van der Waals surface area (Å²) < 4.78 is 11.4. The van der Waals surface area contributed by atoms with Crippen molar-refractivity contribution in [3.05, 3.63) is 94.1 Å². The van der Waals surface area contributed by atoms with Gasteiger partial charge < -0.3 is 14.8 Å². The van der Waals surface area contributed by atoms with Crippen molar-refractivity contribution >= 4 is 17.7 Å². The number of rotatable bonds is 7. The molecule has 1 N–H and O–H groups in total. The highest BCUT2D eigenvalue weighted by Crippen LogP contribution is 2.30. The third-order valence-corrected chi connectivity index (χ3v) is 4.82. The number of benzene rings is 3. The molecular formula is C27H26N2O3. The fraction of sp³-hybridized carbons (Fsp3) is 0.185. The second kappa shape index (κ2) is 10.3. The van der Waals surface area contributed by atoms with Crippen LogP contribution in [0.2, 0.25) is 0 Å². The summed E-state index contributed by atoms with van der Waals surface area (Å²) in [6.45, 7) is 6.46. The van der Waals surface area contributed by atoms with Gasteiger partial charge in [0.15, 0.2) is 11.5 Å². The fourth-order valence-electron chi connectivity index (χ4n) is 3.44. The number of hydrogen-bond acceptors (Lipinski definition) is 4. The zero-order valence-electron chi connectivity index (χ0n) is 18.7. The van der Waals surface area contributed by atoms with Crippen molar-refractivity contribution < 1.29 is 14.3 Å². The van der Waals surface area contributed by atoms with E-state index in [4.69, 9.17) is 9.47 Å². The quantitative estimate of drug-likeness (QED) is 0.386. The zero-order chi connectivity index (χ0) is 23.1. The van der Waals surface area contributed by atoms with Gasteiger partial charge in [-0.1, -0.05) is 47.5 Å². The van der Waals surface area contributed by atoms with Crippen molar-refractivity contribution in [1.82, 2.24) is 0 Å². The summed E-state index contributed by atoms with van der Waals surface area (Å²) in [5.41, 5.74) is 5.77. The highest BCUT2D eigenvalue weighted by atomic mass is 16.5. The van der Waals surface area contributed by atoms with Gasteiger partial charge in [-0.05, 0) is 67.8 Å². The predicted octanol–water partition coefficient (Wildman–Crippen LogP) is 5.75. The van der Waals surface area contributed by atoms with Crippen molar-refractivity contribution in [2.24, 2.45) is 0 Å². The van der Waals surface area contributed by atoms with Gasteiger partial charge in [0.1, 0.15) is 18.2 Å². The first-order valence-electron chi connectivity index (χ1n) is 10.3. The number of hydrogen-bond donors (Lipinski definition) is 1. The second-order valence-corrected chi connectivity index (χ2v) is 7.69. The molecule has 3 aromatic rings. The van der Waals surface area contributed by atoms with E-state index >= 15 is 0 Å².